The number of imide groups is 1. The first kappa shape index (κ1) is 13.0. The number of nitrogens with zero attached hydrogens (tertiary/aromatic N) is 1. The molecule has 2 amide bonds. The molecule has 1 rings (SSSR count). The Hall–Kier alpha value is -1.06. The lowest BCUT2D eigenvalue weighted by Gasteiger charge is -2.35. The molecular weight excluding hydrogens is 206 g/mol. The predicted molar refractivity (Wildman–Crippen MR) is 60.9 cm³/mol. The van der Waals surface area contributed by atoms with Crippen LogP contribution in [0.1, 0.15) is 47.5 Å². The van der Waals surface area contributed by atoms with Gasteiger partial charge in [-0.05, 0) is 40.0 Å². The first-order valence-corrected chi connectivity index (χ1v) is 5.75. The zero-order valence-corrected chi connectivity index (χ0v) is 10.7. The van der Waals surface area contributed by atoms with Crippen molar-refractivity contribution in [2.75, 3.05) is 0 Å². The van der Waals surface area contributed by atoms with Crippen LogP contribution in [0.25, 0.3) is 0 Å². The van der Waals surface area contributed by atoms with Crippen LogP contribution in [0.3, 0.4) is 0 Å². The average Bonchev–Trinajstić information content (AvgIpc) is 1.96. The van der Waals surface area contributed by atoms with Gasteiger partial charge in [0.15, 0.2) is 0 Å². The third kappa shape index (κ3) is 3.22. The molecule has 1 saturated heterocycles. The summed E-state index contributed by atoms with van der Waals surface area (Å²) in [7, 11) is 0. The summed E-state index contributed by atoms with van der Waals surface area (Å²) in [6.07, 6.45) is 0.770. The van der Waals surface area contributed by atoms with Crippen LogP contribution in [0.4, 0.5) is 4.79 Å². The SMILES string of the molecule is CC1CC(=O)N(C(=O)OC(C)(C)C)C(C)C1. The number of likely N-dealkylation sites (tertiary alicyclic amines) is 1. The summed E-state index contributed by atoms with van der Waals surface area (Å²) < 4.78 is 5.22. The Kier molecular flexibility index (Phi) is 3.61. The Morgan fingerprint density at radius 1 is 1.38 bits per heavy atom. The molecule has 0 aromatic carbocycles. The van der Waals surface area contributed by atoms with E-state index >= 15 is 0 Å². The van der Waals surface area contributed by atoms with Crippen molar-refractivity contribution in [3.63, 3.8) is 0 Å². The zero-order valence-electron chi connectivity index (χ0n) is 10.7. The van der Waals surface area contributed by atoms with Gasteiger partial charge in [0.25, 0.3) is 0 Å². The summed E-state index contributed by atoms with van der Waals surface area (Å²) in [6.45, 7) is 9.31. The molecule has 0 aromatic heterocycles. The summed E-state index contributed by atoms with van der Waals surface area (Å²) in [5.41, 5.74) is -0.555. The largest absolute Gasteiger partial charge is 0.443 e. The first-order valence-electron chi connectivity index (χ1n) is 5.75. The van der Waals surface area contributed by atoms with Crippen LogP contribution in [0.5, 0.6) is 0 Å². The van der Waals surface area contributed by atoms with Gasteiger partial charge in [0, 0.05) is 12.5 Å². The quantitative estimate of drug-likeness (QED) is 0.639. The van der Waals surface area contributed by atoms with Gasteiger partial charge in [-0.15, -0.1) is 0 Å². The Balaban J connectivity index is 2.71. The molecule has 0 bridgehead atoms. The van der Waals surface area contributed by atoms with E-state index in [1.54, 1.807) is 20.8 Å². The molecule has 1 aliphatic rings. The second kappa shape index (κ2) is 4.44. The molecule has 0 aromatic rings. The molecule has 0 aliphatic carbocycles. The number of hydrogen-bond donors (Lipinski definition) is 0. The summed E-state index contributed by atoms with van der Waals surface area (Å²) in [5.74, 6) is 0.224. The van der Waals surface area contributed by atoms with Crippen LogP contribution in [-0.2, 0) is 9.53 Å². The minimum Gasteiger partial charge on any atom is -0.443 e. The highest BCUT2D eigenvalue weighted by Crippen LogP contribution is 2.25. The molecular formula is C12H21NO3. The molecule has 0 saturated carbocycles. The molecule has 0 N–H and O–H groups in total. The molecule has 1 aliphatic heterocycles. The topological polar surface area (TPSA) is 46.6 Å². The minimum atomic E-state index is -0.555. The van der Waals surface area contributed by atoms with E-state index in [-0.39, 0.29) is 11.9 Å². The Labute approximate surface area is 96.9 Å². The van der Waals surface area contributed by atoms with Crippen molar-refractivity contribution in [3.8, 4) is 0 Å². The summed E-state index contributed by atoms with van der Waals surface area (Å²) >= 11 is 0. The van der Waals surface area contributed by atoms with Crippen molar-refractivity contribution in [2.24, 2.45) is 5.92 Å². The summed E-state index contributed by atoms with van der Waals surface area (Å²) in [5, 5.41) is 0. The second-order valence-electron chi connectivity index (χ2n) is 5.64. The van der Waals surface area contributed by atoms with Gasteiger partial charge in [-0.1, -0.05) is 6.92 Å². The molecule has 1 fully saturated rings. The van der Waals surface area contributed by atoms with E-state index in [0.29, 0.717) is 12.3 Å². The number of carbonyl (C=O) groups excluding carboxylic acids is 2. The number of hydrogen-bond acceptors (Lipinski definition) is 3. The molecule has 0 radical (unpaired) electrons. The molecule has 2 atom stereocenters. The molecule has 92 valence electrons. The molecule has 1 heterocycles. The normalized spacial score (nSPS) is 26.8. The lowest BCUT2D eigenvalue weighted by atomic mass is 9.93. The van der Waals surface area contributed by atoms with E-state index < -0.39 is 11.7 Å². The van der Waals surface area contributed by atoms with Crippen LogP contribution in [0, 0.1) is 5.92 Å². The van der Waals surface area contributed by atoms with Crippen molar-refractivity contribution in [1.82, 2.24) is 4.90 Å². The molecule has 2 unspecified atom stereocenters. The first-order chi connectivity index (χ1) is 7.20. The van der Waals surface area contributed by atoms with E-state index in [2.05, 4.69) is 0 Å². The summed E-state index contributed by atoms with van der Waals surface area (Å²) in [4.78, 5) is 24.8. The molecule has 4 nitrogen and oxygen atoms in total. The standard InChI is InChI=1S/C12H21NO3/c1-8-6-9(2)13(10(14)7-8)11(15)16-12(3,4)5/h8-9H,6-7H2,1-5H3. The molecule has 16 heavy (non-hydrogen) atoms. The molecule has 0 spiro atoms. The maximum Gasteiger partial charge on any atom is 0.417 e. The van der Waals surface area contributed by atoms with Gasteiger partial charge in [-0.2, -0.15) is 0 Å². The fraction of sp³-hybridized carbons (Fsp3) is 0.833. The Morgan fingerprint density at radius 3 is 2.38 bits per heavy atom. The van der Waals surface area contributed by atoms with Crippen LogP contribution < -0.4 is 0 Å². The maximum absolute atomic E-state index is 11.8. The van der Waals surface area contributed by atoms with Crippen molar-refractivity contribution < 1.29 is 14.3 Å². The van der Waals surface area contributed by atoms with E-state index in [9.17, 15) is 9.59 Å². The average molecular weight is 227 g/mol. The van der Waals surface area contributed by atoms with Crippen LogP contribution >= 0.6 is 0 Å². The van der Waals surface area contributed by atoms with Gasteiger partial charge in [-0.25, -0.2) is 9.69 Å². The van der Waals surface area contributed by atoms with Crippen LogP contribution in [0.15, 0.2) is 0 Å². The lowest BCUT2D eigenvalue weighted by Crippen LogP contribution is -2.49. The molecule has 4 heteroatoms. The highest BCUT2D eigenvalue weighted by Gasteiger charge is 2.36. The number of ether oxygens (including phenoxy) is 1. The van der Waals surface area contributed by atoms with Crippen molar-refractivity contribution in [2.45, 2.75) is 59.1 Å². The van der Waals surface area contributed by atoms with Gasteiger partial charge >= 0.3 is 6.09 Å². The lowest BCUT2D eigenvalue weighted by molar-refractivity contribution is -0.136. The highest BCUT2D eigenvalue weighted by molar-refractivity contribution is 5.93. The van der Waals surface area contributed by atoms with Gasteiger partial charge < -0.3 is 4.74 Å². The number of carbonyl (C=O) groups is 2. The van der Waals surface area contributed by atoms with E-state index in [4.69, 9.17) is 4.74 Å². The second-order valence-corrected chi connectivity index (χ2v) is 5.64. The Morgan fingerprint density at radius 2 is 1.94 bits per heavy atom. The predicted octanol–water partition coefficient (Wildman–Crippen LogP) is 2.57. The number of rotatable bonds is 0. The van der Waals surface area contributed by atoms with Crippen LogP contribution in [-0.4, -0.2) is 28.5 Å². The minimum absolute atomic E-state index is 0.0638. The van der Waals surface area contributed by atoms with Gasteiger partial charge in [0.2, 0.25) is 5.91 Å². The van der Waals surface area contributed by atoms with Crippen molar-refractivity contribution >= 4 is 12.0 Å². The van der Waals surface area contributed by atoms with E-state index in [1.165, 1.54) is 4.90 Å². The summed E-state index contributed by atoms with van der Waals surface area (Å²) in [6, 6.07) is -0.0638. The smallest absolute Gasteiger partial charge is 0.417 e. The fourth-order valence-electron chi connectivity index (χ4n) is 2.01. The number of piperidine rings is 1. The van der Waals surface area contributed by atoms with Gasteiger partial charge in [0.05, 0.1) is 0 Å². The third-order valence-electron chi connectivity index (χ3n) is 2.57. The fourth-order valence-corrected chi connectivity index (χ4v) is 2.01. The highest BCUT2D eigenvalue weighted by atomic mass is 16.6. The van der Waals surface area contributed by atoms with E-state index in [0.717, 1.165) is 6.42 Å². The zero-order chi connectivity index (χ0) is 12.5. The Bertz CT molecular complexity index is 293. The van der Waals surface area contributed by atoms with Gasteiger partial charge in [0.1, 0.15) is 5.60 Å². The van der Waals surface area contributed by atoms with E-state index in [1.807, 2.05) is 13.8 Å². The van der Waals surface area contributed by atoms with Crippen LogP contribution in [0.2, 0.25) is 0 Å². The van der Waals surface area contributed by atoms with Gasteiger partial charge in [-0.3, -0.25) is 4.79 Å². The van der Waals surface area contributed by atoms with Crippen molar-refractivity contribution in [1.29, 1.82) is 0 Å². The maximum atomic E-state index is 11.8. The van der Waals surface area contributed by atoms with Crippen molar-refractivity contribution in [3.05, 3.63) is 0 Å². The monoisotopic (exact) mass is 227 g/mol. The third-order valence-corrected chi connectivity index (χ3v) is 2.57. The number of amides is 2.